The van der Waals surface area contributed by atoms with Gasteiger partial charge in [-0.25, -0.2) is 9.97 Å². The molecule has 0 radical (unpaired) electrons. The van der Waals surface area contributed by atoms with Crippen molar-refractivity contribution in [2.24, 2.45) is 5.92 Å². The second-order valence-electron chi connectivity index (χ2n) is 5.16. The number of rotatable bonds is 7. The molecule has 112 valence electrons. The second kappa shape index (κ2) is 7.67. The summed E-state index contributed by atoms with van der Waals surface area (Å²) in [6.07, 6.45) is 2.28. The number of aromatic nitrogens is 2. The van der Waals surface area contributed by atoms with Gasteiger partial charge in [0, 0.05) is 19.2 Å². The SMILES string of the molecule is CCc1c(NC)ncnc1NC(C)C(=O)NCC(C)C. The first kappa shape index (κ1) is 16.2. The van der Waals surface area contributed by atoms with E-state index >= 15 is 0 Å². The molecule has 1 atom stereocenters. The first-order chi connectivity index (χ1) is 9.49. The zero-order chi connectivity index (χ0) is 15.1. The van der Waals surface area contributed by atoms with Crippen LogP contribution in [0, 0.1) is 5.92 Å². The van der Waals surface area contributed by atoms with E-state index in [2.05, 4.69) is 39.8 Å². The highest BCUT2D eigenvalue weighted by Crippen LogP contribution is 2.20. The van der Waals surface area contributed by atoms with Crippen molar-refractivity contribution in [3.8, 4) is 0 Å². The van der Waals surface area contributed by atoms with Crippen molar-refractivity contribution in [1.82, 2.24) is 15.3 Å². The van der Waals surface area contributed by atoms with Crippen molar-refractivity contribution in [3.63, 3.8) is 0 Å². The number of hydrogen-bond donors (Lipinski definition) is 3. The highest BCUT2D eigenvalue weighted by Gasteiger charge is 2.16. The Balaban J connectivity index is 2.75. The summed E-state index contributed by atoms with van der Waals surface area (Å²) >= 11 is 0. The molecule has 3 N–H and O–H groups in total. The summed E-state index contributed by atoms with van der Waals surface area (Å²) < 4.78 is 0. The Kier molecular flexibility index (Phi) is 6.21. The number of carbonyl (C=O) groups excluding carboxylic acids is 1. The molecule has 1 aromatic heterocycles. The maximum atomic E-state index is 12.0. The molecule has 1 heterocycles. The quantitative estimate of drug-likeness (QED) is 0.707. The van der Waals surface area contributed by atoms with Gasteiger partial charge in [0.25, 0.3) is 0 Å². The zero-order valence-corrected chi connectivity index (χ0v) is 12.9. The normalized spacial score (nSPS) is 12.1. The van der Waals surface area contributed by atoms with Crippen molar-refractivity contribution in [2.75, 3.05) is 24.2 Å². The average molecular weight is 279 g/mol. The maximum absolute atomic E-state index is 12.0. The summed E-state index contributed by atoms with van der Waals surface area (Å²) in [7, 11) is 1.82. The van der Waals surface area contributed by atoms with E-state index in [0.29, 0.717) is 18.3 Å². The molecule has 0 fully saturated rings. The molecule has 6 nitrogen and oxygen atoms in total. The lowest BCUT2D eigenvalue weighted by Gasteiger charge is -2.18. The molecule has 1 unspecified atom stereocenters. The van der Waals surface area contributed by atoms with E-state index in [1.165, 1.54) is 6.33 Å². The lowest BCUT2D eigenvalue weighted by molar-refractivity contribution is -0.121. The summed E-state index contributed by atoms with van der Waals surface area (Å²) in [6, 6.07) is -0.335. The van der Waals surface area contributed by atoms with Crippen molar-refractivity contribution in [3.05, 3.63) is 11.9 Å². The Morgan fingerprint density at radius 3 is 2.45 bits per heavy atom. The Morgan fingerprint density at radius 1 is 1.25 bits per heavy atom. The molecular weight excluding hydrogens is 254 g/mol. The van der Waals surface area contributed by atoms with Gasteiger partial charge in [0.2, 0.25) is 5.91 Å². The highest BCUT2D eigenvalue weighted by molar-refractivity contribution is 5.84. The molecule has 1 aromatic rings. The summed E-state index contributed by atoms with van der Waals surface area (Å²) in [5.41, 5.74) is 0.985. The van der Waals surface area contributed by atoms with Gasteiger partial charge in [-0.05, 0) is 19.3 Å². The van der Waals surface area contributed by atoms with E-state index in [0.717, 1.165) is 17.8 Å². The van der Waals surface area contributed by atoms with E-state index < -0.39 is 0 Å². The summed E-state index contributed by atoms with van der Waals surface area (Å²) in [6.45, 7) is 8.68. The summed E-state index contributed by atoms with van der Waals surface area (Å²) in [5, 5.41) is 9.10. The molecule has 0 saturated heterocycles. The van der Waals surface area contributed by atoms with E-state index in [1.807, 2.05) is 20.9 Å². The van der Waals surface area contributed by atoms with Gasteiger partial charge in [0.1, 0.15) is 24.0 Å². The molecular formula is C14H25N5O. The predicted molar refractivity (Wildman–Crippen MR) is 81.9 cm³/mol. The third-order valence-corrected chi connectivity index (χ3v) is 2.97. The fourth-order valence-electron chi connectivity index (χ4n) is 1.82. The minimum Gasteiger partial charge on any atom is -0.373 e. The molecule has 1 amide bonds. The van der Waals surface area contributed by atoms with Crippen LogP contribution in [0.2, 0.25) is 0 Å². The van der Waals surface area contributed by atoms with Crippen LogP contribution in [0.3, 0.4) is 0 Å². The highest BCUT2D eigenvalue weighted by atomic mass is 16.2. The number of nitrogens with one attached hydrogen (secondary N) is 3. The molecule has 1 rings (SSSR count). The Morgan fingerprint density at radius 2 is 1.90 bits per heavy atom. The fraction of sp³-hybridized carbons (Fsp3) is 0.643. The molecule has 0 aromatic carbocycles. The van der Waals surface area contributed by atoms with Crippen LogP contribution in [0.15, 0.2) is 6.33 Å². The third-order valence-electron chi connectivity index (χ3n) is 2.97. The maximum Gasteiger partial charge on any atom is 0.242 e. The van der Waals surface area contributed by atoms with Crippen molar-refractivity contribution in [2.45, 2.75) is 40.2 Å². The Bertz CT molecular complexity index is 447. The number of hydrogen-bond acceptors (Lipinski definition) is 5. The largest absolute Gasteiger partial charge is 0.373 e. The van der Waals surface area contributed by atoms with E-state index in [9.17, 15) is 4.79 Å². The first-order valence-electron chi connectivity index (χ1n) is 7.05. The standard InChI is InChI=1S/C14H25N5O/c1-6-11-12(15-5)17-8-18-13(11)19-10(4)14(20)16-7-9(2)3/h8-10H,6-7H2,1-5H3,(H,16,20)(H2,15,17,18,19). The fourth-order valence-corrected chi connectivity index (χ4v) is 1.82. The average Bonchev–Trinajstić information content (AvgIpc) is 2.44. The van der Waals surface area contributed by atoms with Gasteiger partial charge in [-0.2, -0.15) is 0 Å². The monoisotopic (exact) mass is 279 g/mol. The van der Waals surface area contributed by atoms with Gasteiger partial charge < -0.3 is 16.0 Å². The molecule has 0 aliphatic carbocycles. The lowest BCUT2D eigenvalue weighted by Crippen LogP contribution is -2.39. The van der Waals surface area contributed by atoms with Crippen LogP contribution in [-0.2, 0) is 11.2 Å². The van der Waals surface area contributed by atoms with Crippen LogP contribution in [0.25, 0.3) is 0 Å². The van der Waals surface area contributed by atoms with Crippen LogP contribution in [0.5, 0.6) is 0 Å². The smallest absolute Gasteiger partial charge is 0.242 e. The molecule has 0 spiro atoms. The molecule has 0 saturated carbocycles. The van der Waals surface area contributed by atoms with Gasteiger partial charge in [0.15, 0.2) is 0 Å². The number of anilines is 2. The molecule has 20 heavy (non-hydrogen) atoms. The van der Waals surface area contributed by atoms with E-state index in [4.69, 9.17) is 0 Å². The Labute approximate surface area is 120 Å². The third kappa shape index (κ3) is 4.36. The lowest BCUT2D eigenvalue weighted by atomic mass is 10.2. The van der Waals surface area contributed by atoms with Gasteiger partial charge >= 0.3 is 0 Å². The van der Waals surface area contributed by atoms with Crippen molar-refractivity contribution < 1.29 is 4.79 Å². The van der Waals surface area contributed by atoms with Crippen molar-refractivity contribution in [1.29, 1.82) is 0 Å². The summed E-state index contributed by atoms with van der Waals surface area (Å²) in [5.74, 6) is 1.91. The topological polar surface area (TPSA) is 78.9 Å². The number of carbonyl (C=O) groups is 1. The van der Waals surface area contributed by atoms with Gasteiger partial charge in [0.05, 0.1) is 0 Å². The minimum absolute atomic E-state index is 0.0228. The van der Waals surface area contributed by atoms with Crippen LogP contribution < -0.4 is 16.0 Å². The predicted octanol–water partition coefficient (Wildman–Crippen LogP) is 1.65. The van der Waals surface area contributed by atoms with Gasteiger partial charge in [-0.1, -0.05) is 20.8 Å². The minimum atomic E-state index is -0.335. The van der Waals surface area contributed by atoms with Crippen LogP contribution in [-0.4, -0.2) is 35.5 Å². The van der Waals surface area contributed by atoms with E-state index in [1.54, 1.807) is 0 Å². The molecule has 0 aliphatic heterocycles. The van der Waals surface area contributed by atoms with Gasteiger partial charge in [-0.15, -0.1) is 0 Å². The number of nitrogens with zero attached hydrogens (tertiary/aromatic N) is 2. The van der Waals surface area contributed by atoms with Crippen LogP contribution in [0.1, 0.15) is 33.3 Å². The number of amides is 1. The first-order valence-corrected chi connectivity index (χ1v) is 7.05. The summed E-state index contributed by atoms with van der Waals surface area (Å²) in [4.78, 5) is 20.4. The Hall–Kier alpha value is -1.85. The van der Waals surface area contributed by atoms with Crippen molar-refractivity contribution >= 4 is 17.5 Å². The molecule has 0 bridgehead atoms. The van der Waals surface area contributed by atoms with Gasteiger partial charge in [-0.3, -0.25) is 4.79 Å². The van der Waals surface area contributed by atoms with Crippen LogP contribution in [0.4, 0.5) is 11.6 Å². The molecule has 0 aliphatic rings. The van der Waals surface area contributed by atoms with Crippen LogP contribution >= 0.6 is 0 Å². The zero-order valence-electron chi connectivity index (χ0n) is 12.9. The second-order valence-corrected chi connectivity index (χ2v) is 5.16. The molecule has 6 heteroatoms. The van der Waals surface area contributed by atoms with E-state index in [-0.39, 0.29) is 11.9 Å².